The average Bonchev–Trinajstić information content (AvgIpc) is 3.13. The van der Waals surface area contributed by atoms with Crippen molar-refractivity contribution in [1.29, 1.82) is 0 Å². The number of nitrogens with zero attached hydrogens (tertiary/aromatic N) is 3. The zero-order chi connectivity index (χ0) is 18.6. The molecule has 132 valence electrons. The molecule has 0 aliphatic rings. The Hall–Kier alpha value is -3.44. The number of carbonyl (C=O) groups excluding carboxylic acids is 1. The summed E-state index contributed by atoms with van der Waals surface area (Å²) < 4.78 is 1.71. The molecule has 1 N–H and O–H groups in total. The molecule has 1 amide bonds. The fourth-order valence-corrected chi connectivity index (χ4v) is 2.80. The Labute approximate surface area is 161 Å². The second-order valence-electron chi connectivity index (χ2n) is 5.85. The van der Waals surface area contributed by atoms with Crippen LogP contribution in [0.5, 0.6) is 0 Å². The maximum atomic E-state index is 12.6. The third-order valence-corrected chi connectivity index (χ3v) is 4.23. The maximum Gasteiger partial charge on any atom is 0.258 e. The van der Waals surface area contributed by atoms with Gasteiger partial charge in [-0.15, -0.1) is 0 Å². The lowest BCUT2D eigenvalue weighted by atomic mass is 10.1. The van der Waals surface area contributed by atoms with Gasteiger partial charge in [0, 0.05) is 17.8 Å². The van der Waals surface area contributed by atoms with Crippen LogP contribution in [0.3, 0.4) is 0 Å². The molecule has 6 heteroatoms. The van der Waals surface area contributed by atoms with Crippen LogP contribution in [0.25, 0.3) is 16.9 Å². The molecule has 4 rings (SSSR count). The second kappa shape index (κ2) is 7.43. The molecule has 0 bridgehead atoms. The molecule has 0 spiro atoms. The number of carbonyl (C=O) groups is 1. The molecule has 0 aliphatic carbocycles. The number of anilines is 1. The maximum absolute atomic E-state index is 12.6. The van der Waals surface area contributed by atoms with Crippen molar-refractivity contribution < 1.29 is 4.79 Å². The van der Waals surface area contributed by atoms with Crippen molar-refractivity contribution in [2.45, 2.75) is 0 Å². The Kier molecular flexibility index (Phi) is 4.68. The minimum absolute atomic E-state index is 0.282. The molecule has 2 heterocycles. The van der Waals surface area contributed by atoms with Gasteiger partial charge in [-0.25, -0.2) is 9.67 Å². The molecule has 0 fully saturated rings. The summed E-state index contributed by atoms with van der Waals surface area (Å²) in [6.07, 6.45) is 1.44. The molecule has 5 nitrogen and oxygen atoms in total. The number of hydrogen-bond donors (Lipinski definition) is 1. The number of aromatic nitrogens is 3. The van der Waals surface area contributed by atoms with Crippen molar-refractivity contribution in [3.05, 3.63) is 95.8 Å². The van der Waals surface area contributed by atoms with Crippen LogP contribution < -0.4 is 5.32 Å². The molecule has 27 heavy (non-hydrogen) atoms. The zero-order valence-corrected chi connectivity index (χ0v) is 15.0. The molecule has 4 aromatic rings. The van der Waals surface area contributed by atoms with E-state index in [4.69, 9.17) is 11.6 Å². The van der Waals surface area contributed by atoms with Crippen LogP contribution in [0.4, 0.5) is 5.82 Å². The minimum Gasteiger partial charge on any atom is -0.306 e. The van der Waals surface area contributed by atoms with E-state index in [0.717, 1.165) is 16.9 Å². The van der Waals surface area contributed by atoms with E-state index in [2.05, 4.69) is 15.4 Å². The highest BCUT2D eigenvalue weighted by Gasteiger charge is 2.15. The minimum atomic E-state index is -0.282. The van der Waals surface area contributed by atoms with Gasteiger partial charge in [0.1, 0.15) is 11.0 Å². The van der Waals surface area contributed by atoms with Crippen molar-refractivity contribution in [2.75, 3.05) is 5.32 Å². The van der Waals surface area contributed by atoms with Gasteiger partial charge in [0.15, 0.2) is 0 Å². The smallest absolute Gasteiger partial charge is 0.258 e. The van der Waals surface area contributed by atoms with Gasteiger partial charge >= 0.3 is 0 Å². The molecular formula is C21H15ClN4O. The topological polar surface area (TPSA) is 59.8 Å². The molecule has 0 atom stereocenters. The lowest BCUT2D eigenvalue weighted by Gasteiger charge is -2.08. The highest BCUT2D eigenvalue weighted by molar-refractivity contribution is 6.29. The zero-order valence-electron chi connectivity index (χ0n) is 14.2. The fraction of sp³-hybridized carbons (Fsp3) is 0. The summed E-state index contributed by atoms with van der Waals surface area (Å²) in [5.74, 6) is 0.288. The van der Waals surface area contributed by atoms with Crippen LogP contribution in [0.15, 0.2) is 85.1 Å². The summed E-state index contributed by atoms with van der Waals surface area (Å²) >= 11 is 5.80. The normalized spacial score (nSPS) is 10.6. The van der Waals surface area contributed by atoms with Crippen LogP contribution in [0.2, 0.25) is 5.15 Å². The molecule has 0 saturated carbocycles. The molecule has 0 aliphatic heterocycles. The van der Waals surface area contributed by atoms with E-state index in [1.807, 2.05) is 66.7 Å². The van der Waals surface area contributed by atoms with Gasteiger partial charge in [-0.05, 0) is 24.3 Å². The Balaban J connectivity index is 1.73. The lowest BCUT2D eigenvalue weighted by molar-refractivity contribution is 0.102. The number of rotatable bonds is 4. The summed E-state index contributed by atoms with van der Waals surface area (Å²) in [4.78, 5) is 16.6. The van der Waals surface area contributed by atoms with Crippen LogP contribution in [-0.4, -0.2) is 20.7 Å². The first-order valence-corrected chi connectivity index (χ1v) is 8.72. The number of pyridine rings is 1. The Morgan fingerprint density at radius 1 is 0.926 bits per heavy atom. The van der Waals surface area contributed by atoms with Gasteiger partial charge in [0.25, 0.3) is 5.91 Å². The predicted octanol–water partition coefficient (Wildman–Crippen LogP) is 4.84. The van der Waals surface area contributed by atoms with Crippen molar-refractivity contribution in [3.8, 4) is 16.9 Å². The van der Waals surface area contributed by atoms with Crippen molar-refractivity contribution in [1.82, 2.24) is 14.8 Å². The van der Waals surface area contributed by atoms with Crippen LogP contribution in [0, 0.1) is 0 Å². The van der Waals surface area contributed by atoms with Gasteiger partial charge in [-0.1, -0.05) is 60.1 Å². The van der Waals surface area contributed by atoms with Gasteiger partial charge < -0.3 is 5.32 Å². The number of amides is 1. The summed E-state index contributed by atoms with van der Waals surface area (Å²) in [6, 6.07) is 24.5. The first-order valence-electron chi connectivity index (χ1n) is 8.34. The highest BCUT2D eigenvalue weighted by atomic mass is 35.5. The number of hydrogen-bond acceptors (Lipinski definition) is 3. The third-order valence-electron chi connectivity index (χ3n) is 4.01. The number of halogens is 1. The number of para-hydroxylation sites is 1. The number of nitrogens with one attached hydrogen (secondary N) is 1. The standard InChI is InChI=1S/C21H15ClN4O/c22-19-12-11-16(14-23-19)21(27)24-20-13-18(15-7-3-1-4-8-15)25-26(20)17-9-5-2-6-10-17/h1-14H,(H,24,27). The van der Waals surface area contributed by atoms with E-state index < -0.39 is 0 Å². The molecular weight excluding hydrogens is 360 g/mol. The van der Waals surface area contributed by atoms with Crippen LogP contribution in [-0.2, 0) is 0 Å². The first-order chi connectivity index (χ1) is 13.2. The summed E-state index contributed by atoms with van der Waals surface area (Å²) in [6.45, 7) is 0. The monoisotopic (exact) mass is 374 g/mol. The average molecular weight is 375 g/mol. The third kappa shape index (κ3) is 3.73. The Morgan fingerprint density at radius 3 is 2.30 bits per heavy atom. The quantitative estimate of drug-likeness (QED) is 0.520. The molecule has 2 aromatic carbocycles. The predicted molar refractivity (Wildman–Crippen MR) is 106 cm³/mol. The summed E-state index contributed by atoms with van der Waals surface area (Å²) in [5, 5.41) is 7.93. The van der Waals surface area contributed by atoms with Crippen molar-refractivity contribution in [2.24, 2.45) is 0 Å². The van der Waals surface area contributed by atoms with E-state index in [9.17, 15) is 4.79 Å². The van der Waals surface area contributed by atoms with Crippen LogP contribution >= 0.6 is 11.6 Å². The Bertz CT molecular complexity index is 1060. The molecule has 0 radical (unpaired) electrons. The van der Waals surface area contributed by atoms with Crippen LogP contribution in [0.1, 0.15) is 10.4 Å². The van der Waals surface area contributed by atoms with Gasteiger partial charge in [-0.2, -0.15) is 5.10 Å². The van der Waals surface area contributed by atoms with Gasteiger partial charge in [-0.3, -0.25) is 4.79 Å². The SMILES string of the molecule is O=C(Nc1cc(-c2ccccc2)nn1-c1ccccc1)c1ccc(Cl)nc1. The number of benzene rings is 2. The summed E-state index contributed by atoms with van der Waals surface area (Å²) in [5.41, 5.74) is 3.01. The van der Waals surface area contributed by atoms with E-state index in [-0.39, 0.29) is 5.91 Å². The summed E-state index contributed by atoms with van der Waals surface area (Å²) in [7, 11) is 0. The first kappa shape index (κ1) is 17.0. The van der Waals surface area contributed by atoms with Crippen molar-refractivity contribution in [3.63, 3.8) is 0 Å². The fourth-order valence-electron chi connectivity index (χ4n) is 2.68. The van der Waals surface area contributed by atoms with Gasteiger partial charge in [0.05, 0.1) is 16.9 Å². The Morgan fingerprint density at radius 2 is 1.63 bits per heavy atom. The highest BCUT2D eigenvalue weighted by Crippen LogP contribution is 2.25. The largest absolute Gasteiger partial charge is 0.306 e. The van der Waals surface area contributed by atoms with E-state index in [0.29, 0.717) is 16.5 Å². The van der Waals surface area contributed by atoms with Gasteiger partial charge in [0.2, 0.25) is 0 Å². The molecule has 2 aromatic heterocycles. The lowest BCUT2D eigenvalue weighted by Crippen LogP contribution is -2.15. The van der Waals surface area contributed by atoms with Crippen molar-refractivity contribution >= 4 is 23.3 Å². The second-order valence-corrected chi connectivity index (χ2v) is 6.24. The van der Waals surface area contributed by atoms with E-state index in [1.54, 1.807) is 16.8 Å². The van der Waals surface area contributed by atoms with E-state index >= 15 is 0 Å². The molecule has 0 saturated heterocycles. The molecule has 0 unspecified atom stereocenters. The van der Waals surface area contributed by atoms with E-state index in [1.165, 1.54) is 6.20 Å².